The molecule has 0 saturated carbocycles. The van der Waals surface area contributed by atoms with Crippen LogP contribution in [0.15, 0.2) is 46.9 Å². The molecule has 0 aliphatic carbocycles. The van der Waals surface area contributed by atoms with Crippen LogP contribution in [0.5, 0.6) is 5.75 Å². The first kappa shape index (κ1) is 18.3. The molecule has 26 heavy (non-hydrogen) atoms. The van der Waals surface area contributed by atoms with E-state index in [1.54, 1.807) is 23.5 Å². The Balaban J connectivity index is 1.41. The van der Waals surface area contributed by atoms with Crippen molar-refractivity contribution in [3.05, 3.63) is 58.0 Å². The number of carbonyl (C=O) groups is 1. The predicted molar refractivity (Wildman–Crippen MR) is 102 cm³/mol. The summed E-state index contributed by atoms with van der Waals surface area (Å²) >= 11 is 3.20. The van der Waals surface area contributed by atoms with Crippen molar-refractivity contribution in [2.45, 2.75) is 18.0 Å². The van der Waals surface area contributed by atoms with Crippen molar-refractivity contribution in [1.29, 1.82) is 0 Å². The van der Waals surface area contributed by atoms with Crippen molar-refractivity contribution in [3.8, 4) is 5.75 Å². The molecule has 9 heteroatoms. The lowest BCUT2D eigenvalue weighted by molar-refractivity contribution is 0.0697. The zero-order chi connectivity index (χ0) is 18.4. The first-order chi connectivity index (χ1) is 12.6. The molecule has 0 fully saturated rings. The fraction of sp³-hybridized carbons (Fsp3) is 0.235. The third-order valence-corrected chi connectivity index (χ3v) is 5.44. The molecule has 0 saturated heterocycles. The third kappa shape index (κ3) is 4.77. The number of benzene rings is 1. The maximum absolute atomic E-state index is 10.8. The summed E-state index contributed by atoms with van der Waals surface area (Å²) in [6.07, 6.45) is 1.48. The van der Waals surface area contributed by atoms with Crippen LogP contribution in [-0.2, 0) is 6.42 Å². The normalized spacial score (nSPS) is 10.8. The summed E-state index contributed by atoms with van der Waals surface area (Å²) in [6.45, 7) is 0.528. The zero-order valence-corrected chi connectivity index (χ0v) is 15.5. The highest BCUT2D eigenvalue weighted by Crippen LogP contribution is 2.19. The fourth-order valence-electron chi connectivity index (χ4n) is 2.20. The Hall–Kier alpha value is -2.52. The lowest BCUT2D eigenvalue weighted by Crippen LogP contribution is -2.14. The topological polar surface area (TPSA) is 103 Å². The van der Waals surface area contributed by atoms with Crippen LogP contribution in [0.1, 0.15) is 27.5 Å². The van der Waals surface area contributed by atoms with Crippen LogP contribution in [0.3, 0.4) is 0 Å². The lowest BCUT2D eigenvalue weighted by Gasteiger charge is -2.06. The summed E-state index contributed by atoms with van der Waals surface area (Å²) in [5.74, 6) is 7.30. The van der Waals surface area contributed by atoms with Gasteiger partial charge in [-0.05, 0) is 42.1 Å². The number of thioether (sulfide) groups is 1. The van der Waals surface area contributed by atoms with Crippen LogP contribution in [0.4, 0.5) is 0 Å². The minimum atomic E-state index is -0.947. The molecule has 3 aromatic rings. The number of aromatic nitrogens is 3. The van der Waals surface area contributed by atoms with E-state index >= 15 is 0 Å². The number of nitrogen functional groups attached to an aromatic ring is 1. The van der Waals surface area contributed by atoms with Crippen molar-refractivity contribution < 1.29 is 14.6 Å². The summed E-state index contributed by atoms with van der Waals surface area (Å²) < 4.78 is 7.14. The molecule has 3 rings (SSSR count). The first-order valence-electron chi connectivity index (χ1n) is 7.94. The average Bonchev–Trinajstić information content (AvgIpc) is 3.27. The molecule has 0 bridgehead atoms. The van der Waals surface area contributed by atoms with Gasteiger partial charge in [-0.2, -0.15) is 0 Å². The molecular weight excluding hydrogens is 372 g/mol. The van der Waals surface area contributed by atoms with Crippen molar-refractivity contribution >= 4 is 29.1 Å². The van der Waals surface area contributed by atoms with Crippen molar-refractivity contribution in [2.24, 2.45) is 0 Å². The van der Waals surface area contributed by atoms with Crippen LogP contribution in [0.2, 0.25) is 0 Å². The fourth-order valence-corrected chi connectivity index (χ4v) is 3.69. The number of thiophene rings is 1. The Kier molecular flexibility index (Phi) is 6.13. The molecule has 0 unspecified atom stereocenters. The van der Waals surface area contributed by atoms with E-state index in [2.05, 4.69) is 10.2 Å². The van der Waals surface area contributed by atoms with E-state index in [1.807, 2.05) is 17.5 Å². The van der Waals surface area contributed by atoms with Gasteiger partial charge in [0.25, 0.3) is 0 Å². The summed E-state index contributed by atoms with van der Waals surface area (Å²) in [5, 5.41) is 19.9. The summed E-state index contributed by atoms with van der Waals surface area (Å²) in [4.78, 5) is 12.0. The second-order valence-electron chi connectivity index (χ2n) is 5.40. The van der Waals surface area contributed by atoms with Gasteiger partial charge in [-0.3, -0.25) is 0 Å². The molecule has 2 heterocycles. The van der Waals surface area contributed by atoms with E-state index in [4.69, 9.17) is 15.7 Å². The van der Waals surface area contributed by atoms with Gasteiger partial charge < -0.3 is 15.7 Å². The van der Waals surface area contributed by atoms with Crippen molar-refractivity contribution in [1.82, 2.24) is 14.9 Å². The highest BCUT2D eigenvalue weighted by Gasteiger charge is 2.11. The third-order valence-electron chi connectivity index (χ3n) is 3.54. The highest BCUT2D eigenvalue weighted by atomic mass is 32.2. The molecule has 1 aromatic carbocycles. The van der Waals surface area contributed by atoms with E-state index in [9.17, 15) is 4.79 Å². The molecule has 0 aliphatic heterocycles. The Morgan fingerprint density at radius 1 is 1.27 bits per heavy atom. The van der Waals surface area contributed by atoms with Gasteiger partial charge in [0, 0.05) is 17.1 Å². The van der Waals surface area contributed by atoms with Crippen LogP contribution in [0.25, 0.3) is 0 Å². The van der Waals surface area contributed by atoms with Crippen LogP contribution >= 0.6 is 23.1 Å². The van der Waals surface area contributed by atoms with E-state index < -0.39 is 5.97 Å². The monoisotopic (exact) mass is 390 g/mol. The van der Waals surface area contributed by atoms with Gasteiger partial charge in [0.1, 0.15) is 5.75 Å². The number of aromatic carboxylic acids is 1. The summed E-state index contributed by atoms with van der Waals surface area (Å²) in [5.41, 5.74) is 0.244. The maximum atomic E-state index is 10.8. The smallest absolute Gasteiger partial charge is 0.335 e. The quantitative estimate of drug-likeness (QED) is 0.329. The van der Waals surface area contributed by atoms with Gasteiger partial charge >= 0.3 is 5.97 Å². The number of hydrogen-bond acceptors (Lipinski definition) is 7. The minimum Gasteiger partial charge on any atom is -0.494 e. The van der Waals surface area contributed by atoms with E-state index in [1.165, 1.54) is 33.4 Å². The lowest BCUT2D eigenvalue weighted by atomic mass is 10.2. The number of carboxylic acids is 1. The predicted octanol–water partition coefficient (Wildman–Crippen LogP) is 2.90. The van der Waals surface area contributed by atoms with E-state index in [0.29, 0.717) is 23.9 Å². The van der Waals surface area contributed by atoms with Gasteiger partial charge in [0.15, 0.2) is 5.82 Å². The Morgan fingerprint density at radius 3 is 2.77 bits per heavy atom. The Labute approximate surface area is 158 Å². The average molecular weight is 390 g/mol. The molecule has 0 amide bonds. The zero-order valence-electron chi connectivity index (χ0n) is 13.9. The standard InChI is InChI=1S/C17H18N4O3S2/c18-21-15(11-14-3-1-9-25-14)19-20-17(21)26-10-2-8-24-13-6-4-12(5-7-13)16(22)23/h1,3-7,9H,2,8,10-11,18H2,(H,22,23). The number of nitrogens with zero attached hydrogens (tertiary/aromatic N) is 3. The summed E-state index contributed by atoms with van der Waals surface area (Å²) in [7, 11) is 0. The molecular formula is C17H18N4O3S2. The largest absolute Gasteiger partial charge is 0.494 e. The van der Waals surface area contributed by atoms with Crippen LogP contribution in [0, 0.1) is 0 Å². The Morgan fingerprint density at radius 2 is 2.08 bits per heavy atom. The minimum absolute atomic E-state index is 0.244. The second-order valence-corrected chi connectivity index (χ2v) is 7.50. The molecule has 0 spiro atoms. The van der Waals surface area contributed by atoms with Gasteiger partial charge in [0.05, 0.1) is 12.2 Å². The van der Waals surface area contributed by atoms with E-state index in [-0.39, 0.29) is 5.56 Å². The first-order valence-corrected chi connectivity index (χ1v) is 9.80. The van der Waals surface area contributed by atoms with Crippen molar-refractivity contribution in [2.75, 3.05) is 18.2 Å². The molecule has 7 nitrogen and oxygen atoms in total. The van der Waals surface area contributed by atoms with Crippen LogP contribution in [-0.4, -0.2) is 38.3 Å². The summed E-state index contributed by atoms with van der Waals surface area (Å²) in [6, 6.07) is 10.4. The Bertz CT molecular complexity index is 848. The number of carboxylic acid groups (broad SMARTS) is 1. The molecule has 0 aliphatic rings. The number of hydrogen-bond donors (Lipinski definition) is 2. The molecule has 136 valence electrons. The van der Waals surface area contributed by atoms with Gasteiger partial charge in [-0.15, -0.1) is 21.5 Å². The molecule has 3 N–H and O–H groups in total. The number of ether oxygens (including phenoxy) is 1. The van der Waals surface area contributed by atoms with Crippen LogP contribution < -0.4 is 10.6 Å². The molecule has 2 aromatic heterocycles. The molecule has 0 radical (unpaired) electrons. The van der Waals surface area contributed by atoms with Gasteiger partial charge in [-0.25, -0.2) is 9.47 Å². The maximum Gasteiger partial charge on any atom is 0.335 e. The van der Waals surface area contributed by atoms with Gasteiger partial charge in [0.2, 0.25) is 5.16 Å². The van der Waals surface area contributed by atoms with E-state index in [0.717, 1.165) is 18.0 Å². The van der Waals surface area contributed by atoms with Crippen molar-refractivity contribution in [3.63, 3.8) is 0 Å². The number of rotatable bonds is 9. The molecule has 0 atom stereocenters. The van der Waals surface area contributed by atoms with Gasteiger partial charge in [-0.1, -0.05) is 17.8 Å². The second kappa shape index (κ2) is 8.72. The highest BCUT2D eigenvalue weighted by molar-refractivity contribution is 7.99. The SMILES string of the molecule is Nn1c(Cc2cccs2)nnc1SCCCOc1ccc(C(=O)O)cc1. The number of nitrogens with two attached hydrogens (primary N) is 1.